The first kappa shape index (κ1) is 17.7. The van der Waals surface area contributed by atoms with Crippen molar-refractivity contribution in [2.45, 2.75) is 36.7 Å². The Morgan fingerprint density at radius 1 is 1.24 bits per heavy atom. The summed E-state index contributed by atoms with van der Waals surface area (Å²) in [4.78, 5) is 12.6. The highest BCUT2D eigenvalue weighted by Gasteiger charge is 2.18. The number of primary amides is 1. The molecule has 0 saturated heterocycles. The molecule has 0 saturated carbocycles. The number of hydrogen-bond donors (Lipinski definition) is 1. The van der Waals surface area contributed by atoms with Crippen molar-refractivity contribution in [2.75, 3.05) is 0 Å². The number of thioether (sulfide) groups is 1. The van der Waals surface area contributed by atoms with Gasteiger partial charge in [-0.25, -0.2) is 0 Å². The monoisotopic (exact) mass is 372 g/mol. The molecule has 0 bridgehead atoms. The molecule has 0 unspecified atom stereocenters. The Hall–Kier alpha value is -2.12. The summed E-state index contributed by atoms with van der Waals surface area (Å²) in [6, 6.07) is 14.5. The quantitative estimate of drug-likeness (QED) is 0.617. The maximum absolute atomic E-state index is 11.4. The summed E-state index contributed by atoms with van der Waals surface area (Å²) >= 11 is 3.07. The van der Waals surface area contributed by atoms with Crippen molar-refractivity contribution in [1.82, 2.24) is 14.8 Å². The van der Waals surface area contributed by atoms with Gasteiger partial charge in [-0.1, -0.05) is 48.2 Å². The Balaban J connectivity index is 1.81. The van der Waals surface area contributed by atoms with Crippen LogP contribution in [-0.2, 0) is 24.2 Å². The van der Waals surface area contributed by atoms with Gasteiger partial charge in [0.2, 0.25) is 5.91 Å². The van der Waals surface area contributed by atoms with Gasteiger partial charge in [-0.2, -0.15) is 0 Å². The lowest BCUT2D eigenvalue weighted by molar-refractivity contribution is -0.117. The maximum Gasteiger partial charge on any atom is 0.230 e. The summed E-state index contributed by atoms with van der Waals surface area (Å²) in [6.45, 7) is 2.56. The fourth-order valence-electron chi connectivity index (χ4n) is 2.43. The Bertz CT molecular complexity index is 815. The second kappa shape index (κ2) is 8.31. The average molecular weight is 373 g/mol. The molecule has 3 rings (SSSR count). The summed E-state index contributed by atoms with van der Waals surface area (Å²) in [6.07, 6.45) is 1.62. The lowest BCUT2D eigenvalue weighted by atomic mass is 10.1. The summed E-state index contributed by atoms with van der Waals surface area (Å²) in [7, 11) is 0. The van der Waals surface area contributed by atoms with Crippen LogP contribution >= 0.6 is 23.1 Å². The van der Waals surface area contributed by atoms with Crippen molar-refractivity contribution in [2.24, 2.45) is 5.73 Å². The predicted octanol–water partition coefficient (Wildman–Crippen LogP) is 3.14. The summed E-state index contributed by atoms with van der Waals surface area (Å²) in [5.41, 5.74) is 6.66. The maximum atomic E-state index is 11.4. The van der Waals surface area contributed by atoms with Gasteiger partial charge in [-0.3, -0.25) is 4.79 Å². The van der Waals surface area contributed by atoms with Gasteiger partial charge in [0.25, 0.3) is 0 Å². The molecule has 0 spiro atoms. The number of carbonyl (C=O) groups is 1. The van der Waals surface area contributed by atoms with E-state index in [-0.39, 0.29) is 11.2 Å². The fourth-order valence-corrected chi connectivity index (χ4v) is 3.98. The fraction of sp³-hybridized carbons (Fsp3) is 0.278. The van der Waals surface area contributed by atoms with E-state index in [0.29, 0.717) is 0 Å². The molecule has 5 nitrogen and oxygen atoms in total. The number of thiophene rings is 1. The smallest absolute Gasteiger partial charge is 0.230 e. The molecule has 1 atom stereocenters. The normalized spacial score (nSPS) is 12.2. The van der Waals surface area contributed by atoms with Gasteiger partial charge < -0.3 is 10.3 Å². The summed E-state index contributed by atoms with van der Waals surface area (Å²) < 4.78 is 2.11. The largest absolute Gasteiger partial charge is 0.369 e. The molecule has 2 aromatic heterocycles. The zero-order valence-electron chi connectivity index (χ0n) is 14.0. The molecule has 7 heteroatoms. The van der Waals surface area contributed by atoms with Crippen molar-refractivity contribution >= 4 is 29.0 Å². The highest BCUT2D eigenvalue weighted by atomic mass is 32.2. The zero-order chi connectivity index (χ0) is 17.6. The van der Waals surface area contributed by atoms with Crippen LogP contribution in [0.2, 0.25) is 0 Å². The molecular weight excluding hydrogens is 352 g/mol. The van der Waals surface area contributed by atoms with Crippen LogP contribution in [0.5, 0.6) is 0 Å². The standard InChI is InChI=1S/C18H20N4OS2/c1-13(17(19)23)25-18-21-20-16(12-15-8-5-11-24-15)22(18)10-9-14-6-3-2-4-7-14/h2-8,11,13H,9-10,12H2,1H3,(H2,19,23)/t13-/m1/s1. The van der Waals surface area contributed by atoms with Crippen LogP contribution in [-0.4, -0.2) is 25.9 Å². The Morgan fingerprint density at radius 2 is 2.04 bits per heavy atom. The molecule has 2 heterocycles. The van der Waals surface area contributed by atoms with E-state index in [2.05, 4.69) is 38.3 Å². The minimum absolute atomic E-state index is 0.339. The third-order valence-corrected chi connectivity index (χ3v) is 5.83. The van der Waals surface area contributed by atoms with Gasteiger partial charge in [-0.15, -0.1) is 21.5 Å². The van der Waals surface area contributed by atoms with Crippen molar-refractivity contribution in [1.29, 1.82) is 0 Å². The van der Waals surface area contributed by atoms with E-state index in [4.69, 9.17) is 5.73 Å². The van der Waals surface area contributed by atoms with E-state index in [1.54, 1.807) is 18.3 Å². The number of rotatable bonds is 8. The van der Waals surface area contributed by atoms with Crippen LogP contribution in [0.25, 0.3) is 0 Å². The topological polar surface area (TPSA) is 73.8 Å². The molecule has 1 amide bonds. The second-order valence-corrected chi connectivity index (χ2v) is 8.04. The van der Waals surface area contributed by atoms with Crippen molar-refractivity contribution in [3.63, 3.8) is 0 Å². The first-order valence-electron chi connectivity index (χ1n) is 8.08. The van der Waals surface area contributed by atoms with Crippen molar-refractivity contribution in [3.8, 4) is 0 Å². The van der Waals surface area contributed by atoms with Crippen molar-refractivity contribution < 1.29 is 4.79 Å². The lowest BCUT2D eigenvalue weighted by Gasteiger charge is -2.11. The summed E-state index contributed by atoms with van der Waals surface area (Å²) in [5.74, 6) is 0.569. The van der Waals surface area contributed by atoms with E-state index in [1.807, 2.05) is 24.3 Å². The Morgan fingerprint density at radius 3 is 2.72 bits per heavy atom. The van der Waals surface area contributed by atoms with Crippen LogP contribution in [0.15, 0.2) is 53.0 Å². The van der Waals surface area contributed by atoms with Crippen LogP contribution < -0.4 is 5.73 Å². The number of nitrogens with two attached hydrogens (primary N) is 1. The van der Waals surface area contributed by atoms with Crippen LogP contribution in [0.3, 0.4) is 0 Å². The van der Waals surface area contributed by atoms with Gasteiger partial charge in [0.15, 0.2) is 5.16 Å². The Labute approximate surface area is 155 Å². The molecule has 0 radical (unpaired) electrons. The minimum Gasteiger partial charge on any atom is -0.369 e. The predicted molar refractivity (Wildman–Crippen MR) is 102 cm³/mol. The lowest BCUT2D eigenvalue weighted by Crippen LogP contribution is -2.23. The van der Waals surface area contributed by atoms with E-state index in [1.165, 1.54) is 22.2 Å². The number of benzene rings is 1. The molecule has 25 heavy (non-hydrogen) atoms. The van der Waals surface area contributed by atoms with Gasteiger partial charge in [0.05, 0.1) is 5.25 Å². The first-order chi connectivity index (χ1) is 12.1. The number of amides is 1. The SMILES string of the molecule is C[C@@H](Sc1nnc(Cc2cccs2)n1CCc1ccccc1)C(N)=O. The van der Waals surface area contributed by atoms with Crippen LogP contribution in [0.4, 0.5) is 0 Å². The van der Waals surface area contributed by atoms with E-state index in [9.17, 15) is 4.79 Å². The molecule has 0 fully saturated rings. The minimum atomic E-state index is -0.345. The van der Waals surface area contributed by atoms with E-state index < -0.39 is 0 Å². The molecule has 0 aliphatic carbocycles. The average Bonchev–Trinajstić information content (AvgIpc) is 3.25. The molecule has 3 aromatic rings. The second-order valence-electron chi connectivity index (χ2n) is 5.70. The van der Waals surface area contributed by atoms with Crippen LogP contribution in [0.1, 0.15) is 23.2 Å². The van der Waals surface area contributed by atoms with E-state index in [0.717, 1.165) is 30.4 Å². The van der Waals surface area contributed by atoms with Gasteiger partial charge in [-0.05, 0) is 30.4 Å². The third kappa shape index (κ3) is 4.70. The highest BCUT2D eigenvalue weighted by molar-refractivity contribution is 8.00. The van der Waals surface area contributed by atoms with Gasteiger partial charge >= 0.3 is 0 Å². The molecule has 0 aliphatic rings. The zero-order valence-corrected chi connectivity index (χ0v) is 15.6. The highest BCUT2D eigenvalue weighted by Crippen LogP contribution is 2.24. The third-order valence-electron chi connectivity index (χ3n) is 3.86. The summed E-state index contributed by atoms with van der Waals surface area (Å²) in [5, 5.41) is 11.1. The van der Waals surface area contributed by atoms with E-state index >= 15 is 0 Å². The Kier molecular flexibility index (Phi) is 5.88. The van der Waals surface area contributed by atoms with Crippen molar-refractivity contribution in [3.05, 3.63) is 64.1 Å². The number of carbonyl (C=O) groups excluding carboxylic acids is 1. The molecule has 1 aromatic carbocycles. The molecular formula is C18H20N4OS2. The number of nitrogens with zero attached hydrogens (tertiary/aromatic N) is 3. The molecule has 0 aliphatic heterocycles. The first-order valence-corrected chi connectivity index (χ1v) is 9.84. The molecule has 2 N–H and O–H groups in total. The van der Waals surface area contributed by atoms with Crippen LogP contribution in [0, 0.1) is 0 Å². The van der Waals surface area contributed by atoms with Gasteiger partial charge in [0.1, 0.15) is 5.82 Å². The number of aryl methyl sites for hydroxylation is 1. The van der Waals surface area contributed by atoms with Gasteiger partial charge in [0, 0.05) is 17.8 Å². The number of hydrogen-bond acceptors (Lipinski definition) is 5. The number of aromatic nitrogens is 3. The molecule has 130 valence electrons.